The molecule has 0 aliphatic heterocycles. The third-order valence-electron chi connectivity index (χ3n) is 1.79. The normalized spacial score (nSPS) is 10.3. The van der Waals surface area contributed by atoms with E-state index in [1.54, 1.807) is 12.4 Å². The Labute approximate surface area is 116 Å². The van der Waals surface area contributed by atoms with Crippen LogP contribution in [0.1, 0.15) is 0 Å². The minimum Gasteiger partial charge on any atom is -0.284 e. The van der Waals surface area contributed by atoms with E-state index in [0.717, 1.165) is 12.3 Å². The summed E-state index contributed by atoms with van der Waals surface area (Å²) in [6.07, 6.45) is 4.49. The second-order valence-electron chi connectivity index (χ2n) is 3.53. The second kappa shape index (κ2) is 7.06. The molecule has 102 valence electrons. The number of halogens is 2. The molecule has 0 fully saturated rings. The van der Waals surface area contributed by atoms with E-state index in [1.807, 2.05) is 18.2 Å². The number of hydrogen-bond acceptors (Lipinski definition) is 3. The van der Waals surface area contributed by atoms with Crippen LogP contribution in [0.5, 0.6) is 0 Å². The van der Waals surface area contributed by atoms with Crippen molar-refractivity contribution in [1.29, 1.82) is 0 Å². The molecule has 2 aromatic rings. The first kappa shape index (κ1) is 15.4. The molecule has 0 bridgehead atoms. The fourth-order valence-corrected chi connectivity index (χ4v) is 1.76. The lowest BCUT2D eigenvalue weighted by molar-refractivity contribution is 0.606. The third kappa shape index (κ3) is 6.73. The fraction of sp³-hybridized carbons (Fsp3) is 0.0833. The van der Waals surface area contributed by atoms with Gasteiger partial charge in [-0.1, -0.05) is 17.7 Å². The van der Waals surface area contributed by atoms with E-state index < -0.39 is 15.8 Å². The van der Waals surface area contributed by atoms with Crippen LogP contribution in [0.2, 0.25) is 5.02 Å². The van der Waals surface area contributed by atoms with Crippen LogP contribution >= 0.6 is 11.6 Å². The molecule has 1 heterocycles. The Morgan fingerprint density at radius 3 is 2.21 bits per heavy atom. The summed E-state index contributed by atoms with van der Waals surface area (Å²) in [5.74, 6) is -0.657. The molecule has 1 aromatic heterocycles. The maximum atomic E-state index is 12.8. The average molecular weight is 303 g/mol. The van der Waals surface area contributed by atoms with Gasteiger partial charge >= 0.3 is 0 Å². The monoisotopic (exact) mass is 302 g/mol. The van der Waals surface area contributed by atoms with Gasteiger partial charge in [-0.05, 0) is 30.3 Å². The summed E-state index contributed by atoms with van der Waals surface area (Å²) in [6.45, 7) is 0. The van der Waals surface area contributed by atoms with Gasteiger partial charge in [-0.2, -0.15) is 0 Å². The first-order valence-electron chi connectivity index (χ1n) is 5.16. The number of hydrogen-bond donors (Lipinski definition) is 1. The van der Waals surface area contributed by atoms with Crippen molar-refractivity contribution in [2.45, 2.75) is 0 Å². The molecular weight excluding hydrogens is 291 g/mol. The van der Waals surface area contributed by atoms with Gasteiger partial charge in [0.25, 0.3) is 0 Å². The predicted octanol–water partition coefficient (Wildman–Crippen LogP) is 2.93. The Kier molecular flexibility index (Phi) is 5.72. The van der Waals surface area contributed by atoms with E-state index >= 15 is 0 Å². The molecule has 1 aromatic carbocycles. The number of pyridine rings is 1. The van der Waals surface area contributed by atoms with Gasteiger partial charge in [0.2, 0.25) is 10.0 Å². The lowest BCUT2D eigenvalue weighted by atomic mass is 10.3. The minimum absolute atomic E-state index is 0.0425. The molecule has 1 N–H and O–H groups in total. The van der Waals surface area contributed by atoms with Gasteiger partial charge in [0, 0.05) is 12.4 Å². The summed E-state index contributed by atoms with van der Waals surface area (Å²) in [4.78, 5) is 3.78. The predicted molar refractivity (Wildman–Crippen MR) is 74.1 cm³/mol. The van der Waals surface area contributed by atoms with E-state index in [0.29, 0.717) is 0 Å². The lowest BCUT2D eigenvalue weighted by Gasteiger charge is -2.03. The van der Waals surface area contributed by atoms with Crippen molar-refractivity contribution in [1.82, 2.24) is 4.98 Å². The van der Waals surface area contributed by atoms with Crippen LogP contribution in [0.15, 0.2) is 48.8 Å². The molecule has 0 aliphatic carbocycles. The summed E-state index contributed by atoms with van der Waals surface area (Å²) >= 11 is 5.40. The van der Waals surface area contributed by atoms with Crippen molar-refractivity contribution in [2.75, 3.05) is 11.0 Å². The summed E-state index contributed by atoms with van der Waals surface area (Å²) in [5, 5.41) is -0.0425. The number of nitrogens with zero attached hydrogens (tertiary/aromatic N) is 1. The molecule has 0 saturated carbocycles. The standard InChI is InChI=1S/C7H7ClFNO2S.C5H5N/c1-13(11,12)10-5-2-3-6(8)7(9)4-5;1-2-4-6-5-3-1/h2-4,10H,1H3;1-5H. The molecule has 0 atom stereocenters. The molecule has 0 saturated heterocycles. The number of sulfonamides is 1. The average Bonchev–Trinajstić information content (AvgIpc) is 2.35. The number of aromatic nitrogens is 1. The molecule has 0 spiro atoms. The van der Waals surface area contributed by atoms with Crippen molar-refractivity contribution in [3.8, 4) is 0 Å². The summed E-state index contributed by atoms with van der Waals surface area (Å²) < 4.78 is 36.4. The van der Waals surface area contributed by atoms with Gasteiger partial charge < -0.3 is 0 Å². The molecule has 0 amide bonds. The zero-order chi connectivity index (χ0) is 14.3. The Morgan fingerprint density at radius 2 is 1.84 bits per heavy atom. The lowest BCUT2D eigenvalue weighted by Crippen LogP contribution is -2.09. The molecule has 0 aliphatic rings. The smallest absolute Gasteiger partial charge is 0.229 e. The van der Waals surface area contributed by atoms with E-state index in [1.165, 1.54) is 12.1 Å². The number of anilines is 1. The van der Waals surface area contributed by atoms with Gasteiger partial charge in [-0.15, -0.1) is 0 Å². The molecule has 0 radical (unpaired) electrons. The van der Waals surface area contributed by atoms with Crippen molar-refractivity contribution in [2.24, 2.45) is 0 Å². The van der Waals surface area contributed by atoms with Crippen LogP contribution in [-0.4, -0.2) is 19.7 Å². The molecular formula is C12H12ClFN2O2S. The van der Waals surface area contributed by atoms with Crippen LogP contribution in [0, 0.1) is 5.82 Å². The highest BCUT2D eigenvalue weighted by atomic mass is 35.5. The Bertz CT molecular complexity index is 594. The Morgan fingerprint density at radius 1 is 1.21 bits per heavy atom. The zero-order valence-corrected chi connectivity index (χ0v) is 11.6. The molecule has 0 unspecified atom stereocenters. The van der Waals surface area contributed by atoms with Crippen molar-refractivity contribution in [3.05, 3.63) is 59.6 Å². The van der Waals surface area contributed by atoms with Crippen LogP contribution in [-0.2, 0) is 10.0 Å². The minimum atomic E-state index is -3.37. The second-order valence-corrected chi connectivity index (χ2v) is 5.68. The van der Waals surface area contributed by atoms with Gasteiger partial charge in [-0.25, -0.2) is 12.8 Å². The largest absolute Gasteiger partial charge is 0.284 e. The zero-order valence-electron chi connectivity index (χ0n) is 10.0. The highest BCUT2D eigenvalue weighted by Crippen LogP contribution is 2.18. The Balaban J connectivity index is 0.000000250. The van der Waals surface area contributed by atoms with E-state index in [9.17, 15) is 12.8 Å². The third-order valence-corrected chi connectivity index (χ3v) is 2.70. The molecule has 19 heavy (non-hydrogen) atoms. The molecule has 2 rings (SSSR count). The van der Waals surface area contributed by atoms with Crippen LogP contribution in [0.25, 0.3) is 0 Å². The van der Waals surface area contributed by atoms with Crippen molar-refractivity contribution < 1.29 is 12.8 Å². The summed E-state index contributed by atoms with van der Waals surface area (Å²) in [7, 11) is -3.37. The molecule has 7 heteroatoms. The Hall–Kier alpha value is -1.66. The van der Waals surface area contributed by atoms with Crippen LogP contribution in [0.3, 0.4) is 0 Å². The maximum Gasteiger partial charge on any atom is 0.229 e. The highest BCUT2D eigenvalue weighted by Gasteiger charge is 2.04. The summed E-state index contributed by atoms with van der Waals surface area (Å²) in [5.41, 5.74) is 0.157. The number of benzene rings is 1. The van der Waals surface area contributed by atoms with Gasteiger partial charge in [-0.3, -0.25) is 9.71 Å². The van der Waals surface area contributed by atoms with Crippen molar-refractivity contribution >= 4 is 27.3 Å². The van der Waals surface area contributed by atoms with Crippen LogP contribution < -0.4 is 4.72 Å². The van der Waals surface area contributed by atoms with E-state index in [4.69, 9.17) is 11.6 Å². The van der Waals surface area contributed by atoms with E-state index in [2.05, 4.69) is 9.71 Å². The number of rotatable bonds is 2. The van der Waals surface area contributed by atoms with Crippen molar-refractivity contribution in [3.63, 3.8) is 0 Å². The van der Waals surface area contributed by atoms with Gasteiger partial charge in [0.1, 0.15) is 5.82 Å². The first-order valence-corrected chi connectivity index (χ1v) is 7.43. The number of nitrogens with one attached hydrogen (secondary N) is 1. The summed E-state index contributed by atoms with van der Waals surface area (Å²) in [6, 6.07) is 9.40. The SMILES string of the molecule is CS(=O)(=O)Nc1ccc(Cl)c(F)c1.c1ccncc1. The van der Waals surface area contributed by atoms with Gasteiger partial charge in [0.05, 0.1) is 17.0 Å². The first-order chi connectivity index (χ1) is 8.88. The molecule has 4 nitrogen and oxygen atoms in total. The van der Waals surface area contributed by atoms with E-state index in [-0.39, 0.29) is 10.7 Å². The topological polar surface area (TPSA) is 59.1 Å². The van der Waals surface area contributed by atoms with Gasteiger partial charge in [0.15, 0.2) is 0 Å². The quantitative estimate of drug-likeness (QED) is 0.928. The van der Waals surface area contributed by atoms with Crippen LogP contribution in [0.4, 0.5) is 10.1 Å². The maximum absolute atomic E-state index is 12.8. The highest BCUT2D eigenvalue weighted by molar-refractivity contribution is 7.92. The fourth-order valence-electron chi connectivity index (χ4n) is 1.09.